The van der Waals surface area contributed by atoms with Gasteiger partial charge in [0.25, 0.3) is 0 Å². The van der Waals surface area contributed by atoms with Crippen LogP contribution in [0.3, 0.4) is 0 Å². The summed E-state index contributed by atoms with van der Waals surface area (Å²) in [5.74, 6) is 0. The van der Waals surface area contributed by atoms with E-state index in [1.165, 1.54) is 140 Å². The lowest BCUT2D eigenvalue weighted by molar-refractivity contribution is -0.410. The van der Waals surface area contributed by atoms with E-state index in [4.69, 9.17) is 9.78 Å². The summed E-state index contributed by atoms with van der Waals surface area (Å²) in [5.41, 5.74) is 14.4. The number of hydrogen-bond donors (Lipinski definition) is 0. The highest BCUT2D eigenvalue weighted by Gasteiger charge is 2.35. The Morgan fingerprint density at radius 3 is 0.827 bits per heavy atom. The highest BCUT2D eigenvalue weighted by atomic mass is 17.2. The van der Waals surface area contributed by atoms with E-state index in [0.717, 1.165) is 25.7 Å². The molecule has 0 bridgehead atoms. The first-order chi connectivity index (χ1) is 25.0. The summed E-state index contributed by atoms with van der Waals surface area (Å²) in [6.07, 6.45) is 29.0. The van der Waals surface area contributed by atoms with Crippen molar-refractivity contribution >= 4 is 0 Å². The van der Waals surface area contributed by atoms with E-state index in [1.54, 1.807) is 44.5 Å². The third kappa shape index (κ3) is 13.6. The molecule has 0 aliphatic heterocycles. The summed E-state index contributed by atoms with van der Waals surface area (Å²) in [4.78, 5) is 13.8. The van der Waals surface area contributed by atoms with Crippen LogP contribution in [0, 0.1) is 0 Å². The third-order valence-corrected chi connectivity index (χ3v) is 11.6. The van der Waals surface area contributed by atoms with Crippen molar-refractivity contribution in [2.45, 2.75) is 248 Å². The van der Waals surface area contributed by atoms with Gasteiger partial charge in [-0.25, -0.2) is 9.78 Å². The summed E-state index contributed by atoms with van der Waals surface area (Å²) in [5, 5.41) is 0. The molecule has 2 rings (SSSR count). The van der Waals surface area contributed by atoms with Gasteiger partial charge >= 0.3 is 0 Å². The lowest BCUT2D eigenvalue weighted by Gasteiger charge is -2.36. The molecule has 0 saturated heterocycles. The molecular weight excluding hydrogens is 633 g/mol. The van der Waals surface area contributed by atoms with Gasteiger partial charge in [0.2, 0.25) is 0 Å². The molecular formula is C50H86O2. The van der Waals surface area contributed by atoms with Crippen LogP contribution < -0.4 is 0 Å². The lowest BCUT2D eigenvalue weighted by Crippen LogP contribution is -2.32. The van der Waals surface area contributed by atoms with E-state index >= 15 is 0 Å². The standard InChI is InChI=1S/C50H86O2/c1-13-21-29-39-37-47(45(35-27-19-7)43(33-25-17-5)41(39)31-23-15-3)49(9,10)51-52-50(11,12)48-38-40(30-22-14-2)42(32-24-16-4)44(34-26-18-6)46(48)36-28-20-8/h37-38H,13-36H2,1-12H3. The SMILES string of the molecule is CCCCc1cc(C(C)(C)OOC(C)(C)c2cc(CCCC)c(CCCC)c(CCCC)c2CCCC)c(CCCC)c(CCCC)c1CCCC. The summed E-state index contributed by atoms with van der Waals surface area (Å²) in [6, 6.07) is 5.14. The molecule has 0 heterocycles. The Morgan fingerprint density at radius 2 is 0.558 bits per heavy atom. The highest BCUT2D eigenvalue weighted by molar-refractivity contribution is 5.50. The zero-order valence-electron chi connectivity index (χ0n) is 36.9. The normalized spacial score (nSPS) is 12.3. The first kappa shape index (κ1) is 46.5. The Labute approximate surface area is 325 Å². The highest BCUT2D eigenvalue weighted by Crippen LogP contribution is 2.41. The quantitative estimate of drug-likeness (QED) is 0.0616. The molecule has 0 aromatic heterocycles. The predicted octanol–water partition coefficient (Wildman–Crippen LogP) is 15.5. The molecule has 298 valence electrons. The van der Waals surface area contributed by atoms with E-state index in [0.29, 0.717) is 0 Å². The van der Waals surface area contributed by atoms with Crippen LogP contribution >= 0.6 is 0 Å². The van der Waals surface area contributed by atoms with Gasteiger partial charge in [-0.15, -0.1) is 0 Å². The Kier molecular flexibility index (Phi) is 22.1. The van der Waals surface area contributed by atoms with Crippen LogP contribution in [-0.2, 0) is 72.3 Å². The Morgan fingerprint density at radius 1 is 0.327 bits per heavy atom. The topological polar surface area (TPSA) is 18.5 Å². The van der Waals surface area contributed by atoms with Crippen LogP contribution in [0.5, 0.6) is 0 Å². The fraction of sp³-hybridized carbons (Fsp3) is 0.760. The Bertz CT molecular complexity index is 1180. The van der Waals surface area contributed by atoms with Crippen LogP contribution in [0.25, 0.3) is 0 Å². The molecule has 0 saturated carbocycles. The summed E-state index contributed by atoms with van der Waals surface area (Å²) >= 11 is 0. The lowest BCUT2D eigenvalue weighted by atomic mass is 9.79. The van der Waals surface area contributed by atoms with Crippen LogP contribution in [0.1, 0.15) is 241 Å². The van der Waals surface area contributed by atoms with E-state index < -0.39 is 11.2 Å². The molecule has 0 aliphatic rings. The van der Waals surface area contributed by atoms with Crippen molar-refractivity contribution in [2.75, 3.05) is 0 Å². The Balaban J connectivity index is 2.78. The van der Waals surface area contributed by atoms with Gasteiger partial charge in [-0.2, -0.15) is 0 Å². The number of unbranched alkanes of at least 4 members (excludes halogenated alkanes) is 8. The second-order valence-corrected chi connectivity index (χ2v) is 17.1. The first-order valence-electron chi connectivity index (χ1n) is 22.7. The second kappa shape index (κ2) is 24.7. The van der Waals surface area contributed by atoms with Crippen molar-refractivity contribution in [1.82, 2.24) is 0 Å². The van der Waals surface area contributed by atoms with E-state index in [-0.39, 0.29) is 0 Å². The maximum atomic E-state index is 6.89. The minimum atomic E-state index is -0.577. The molecule has 0 aliphatic carbocycles. The van der Waals surface area contributed by atoms with E-state index in [9.17, 15) is 0 Å². The average Bonchev–Trinajstić information content (AvgIpc) is 3.13. The van der Waals surface area contributed by atoms with Gasteiger partial charge in [0, 0.05) is 0 Å². The van der Waals surface area contributed by atoms with Crippen molar-refractivity contribution < 1.29 is 9.78 Å². The van der Waals surface area contributed by atoms with Crippen molar-refractivity contribution in [3.63, 3.8) is 0 Å². The molecule has 2 aromatic carbocycles. The molecule has 0 radical (unpaired) electrons. The number of hydrogen-bond acceptors (Lipinski definition) is 2. The molecule has 0 fully saturated rings. The number of aryl methyl sites for hydroxylation is 2. The molecule has 2 nitrogen and oxygen atoms in total. The van der Waals surface area contributed by atoms with Gasteiger partial charge in [0.15, 0.2) is 0 Å². The zero-order valence-corrected chi connectivity index (χ0v) is 36.9. The zero-order chi connectivity index (χ0) is 38.6. The maximum Gasteiger partial charge on any atom is 0.123 e. The molecule has 0 spiro atoms. The minimum Gasteiger partial charge on any atom is -0.225 e. The minimum absolute atomic E-state index is 0.577. The van der Waals surface area contributed by atoms with Gasteiger partial charge < -0.3 is 0 Å². The van der Waals surface area contributed by atoms with Gasteiger partial charge in [-0.3, -0.25) is 0 Å². The number of rotatable bonds is 29. The molecule has 2 aromatic rings. The van der Waals surface area contributed by atoms with Crippen LogP contribution in [0.2, 0.25) is 0 Å². The largest absolute Gasteiger partial charge is 0.225 e. The van der Waals surface area contributed by atoms with Crippen LogP contribution in [-0.4, -0.2) is 0 Å². The van der Waals surface area contributed by atoms with Crippen LogP contribution in [0.15, 0.2) is 12.1 Å². The summed E-state index contributed by atoms with van der Waals surface area (Å²) in [6.45, 7) is 27.8. The predicted molar refractivity (Wildman–Crippen MR) is 230 cm³/mol. The molecule has 2 heteroatoms. The molecule has 0 unspecified atom stereocenters. The van der Waals surface area contributed by atoms with Crippen LogP contribution in [0.4, 0.5) is 0 Å². The van der Waals surface area contributed by atoms with Crippen molar-refractivity contribution in [3.8, 4) is 0 Å². The molecule has 0 N–H and O–H groups in total. The average molecular weight is 719 g/mol. The fourth-order valence-electron chi connectivity index (χ4n) is 8.25. The summed E-state index contributed by atoms with van der Waals surface area (Å²) < 4.78 is 0. The molecule has 52 heavy (non-hydrogen) atoms. The Hall–Kier alpha value is -1.64. The number of benzene rings is 2. The van der Waals surface area contributed by atoms with Crippen molar-refractivity contribution in [3.05, 3.63) is 67.8 Å². The molecule has 0 amide bonds. The fourth-order valence-corrected chi connectivity index (χ4v) is 8.25. The van der Waals surface area contributed by atoms with Gasteiger partial charge in [0.1, 0.15) is 11.2 Å². The van der Waals surface area contributed by atoms with Gasteiger partial charge in [0.05, 0.1) is 0 Å². The van der Waals surface area contributed by atoms with Gasteiger partial charge in [-0.05, 0) is 186 Å². The van der Waals surface area contributed by atoms with Crippen molar-refractivity contribution in [1.29, 1.82) is 0 Å². The van der Waals surface area contributed by atoms with E-state index in [2.05, 4.69) is 95.2 Å². The summed E-state index contributed by atoms with van der Waals surface area (Å²) in [7, 11) is 0. The molecule has 0 atom stereocenters. The monoisotopic (exact) mass is 719 g/mol. The smallest absolute Gasteiger partial charge is 0.123 e. The maximum absolute atomic E-state index is 6.89. The van der Waals surface area contributed by atoms with Crippen molar-refractivity contribution in [2.24, 2.45) is 0 Å². The second-order valence-electron chi connectivity index (χ2n) is 17.1. The van der Waals surface area contributed by atoms with E-state index in [1.807, 2.05) is 0 Å². The first-order valence-corrected chi connectivity index (χ1v) is 22.7. The third-order valence-electron chi connectivity index (χ3n) is 11.6. The van der Waals surface area contributed by atoms with Gasteiger partial charge in [-0.1, -0.05) is 119 Å².